The van der Waals surface area contributed by atoms with Crippen molar-refractivity contribution in [3.63, 3.8) is 0 Å². The second kappa shape index (κ2) is 32.8. The number of urea groups is 1. The van der Waals surface area contributed by atoms with Crippen LogP contribution in [0.3, 0.4) is 0 Å². The van der Waals surface area contributed by atoms with Gasteiger partial charge in [-0.3, -0.25) is 33.6 Å². The van der Waals surface area contributed by atoms with E-state index in [2.05, 4.69) is 38.5 Å². The van der Waals surface area contributed by atoms with E-state index in [1.165, 1.54) is 51.2 Å². The van der Waals surface area contributed by atoms with Gasteiger partial charge in [0.1, 0.15) is 41.3 Å². The average molecular weight is 1320 g/mol. The first-order valence-corrected chi connectivity index (χ1v) is 31.5. The molecule has 2 aromatic carbocycles. The monoisotopic (exact) mass is 1320 g/mol. The summed E-state index contributed by atoms with van der Waals surface area (Å²) in [6.07, 6.45) is 2.75. The fraction of sp³-hybridized carbons (Fsp3) is 0.569. The molecule has 3 aliphatic heterocycles. The fourth-order valence-electron chi connectivity index (χ4n) is 11.2. The number of hydrogen-bond donors (Lipinski definition) is 5. The molecule has 3 heterocycles. The number of ketones is 2. The minimum absolute atomic E-state index is 0.0258. The Balaban J connectivity index is 1.37. The molecule has 6 amide bonds. The van der Waals surface area contributed by atoms with E-state index in [-0.39, 0.29) is 80.1 Å². The van der Waals surface area contributed by atoms with Crippen molar-refractivity contribution in [2.24, 2.45) is 23.5 Å². The molecule has 10 atom stereocenters. The topological polar surface area (TPSA) is 309 Å². The molecule has 0 saturated carbocycles. The summed E-state index contributed by atoms with van der Waals surface area (Å²) in [5.41, 5.74) is 5.55. The van der Waals surface area contributed by atoms with Crippen molar-refractivity contribution in [3.05, 3.63) is 99.1 Å². The van der Waals surface area contributed by atoms with Gasteiger partial charge in [-0.1, -0.05) is 90.8 Å². The highest BCUT2D eigenvalue weighted by Gasteiger charge is 2.64. The summed E-state index contributed by atoms with van der Waals surface area (Å²) in [5, 5.41) is 20.5. The van der Waals surface area contributed by atoms with Crippen LogP contribution in [0.15, 0.2) is 66.3 Å². The molecule has 0 unspecified atom stereocenters. The maximum absolute atomic E-state index is 14.5. The number of nitrogens with one attached hydrogen (secondary N) is 3. The molecule has 22 nitrogen and oxygen atoms in total. The number of ether oxygens (including phenoxy) is 5. The number of rotatable bonds is 26. The number of anilines is 1. The average Bonchev–Trinajstić information content (AvgIpc) is 1.67. The van der Waals surface area contributed by atoms with E-state index >= 15 is 0 Å². The molecular formula is C65H88BrClN6O16. The minimum Gasteiger partial charge on any atom is -0.462 e. The van der Waals surface area contributed by atoms with E-state index in [0.717, 1.165) is 16.0 Å². The molecule has 5 rings (SSSR count). The summed E-state index contributed by atoms with van der Waals surface area (Å²) in [6.45, 7) is 16.1. The second-order valence-electron chi connectivity index (χ2n) is 24.1. The van der Waals surface area contributed by atoms with Crippen molar-refractivity contribution in [2.45, 2.75) is 173 Å². The molecule has 3 aliphatic rings. The van der Waals surface area contributed by atoms with E-state index in [9.17, 15) is 53.1 Å². The van der Waals surface area contributed by atoms with Gasteiger partial charge in [-0.25, -0.2) is 14.4 Å². The zero-order chi connectivity index (χ0) is 66.2. The van der Waals surface area contributed by atoms with Crippen molar-refractivity contribution in [1.82, 2.24) is 20.9 Å². The van der Waals surface area contributed by atoms with Gasteiger partial charge in [-0.2, -0.15) is 0 Å². The summed E-state index contributed by atoms with van der Waals surface area (Å²) in [5.74, 6) is -6.87. The number of primary amides is 1. The number of methoxy groups -OCH3 is 1. The number of carbonyl (C=O) groups is 10. The first kappa shape index (κ1) is 73.0. The van der Waals surface area contributed by atoms with Gasteiger partial charge in [0.05, 0.1) is 42.3 Å². The smallest absolute Gasteiger partial charge is 0.334 e. The van der Waals surface area contributed by atoms with E-state index in [4.69, 9.17) is 41.0 Å². The molecule has 2 fully saturated rings. The van der Waals surface area contributed by atoms with Gasteiger partial charge >= 0.3 is 23.9 Å². The quantitative estimate of drug-likeness (QED) is 0.0157. The van der Waals surface area contributed by atoms with Gasteiger partial charge in [0.15, 0.2) is 5.78 Å². The largest absolute Gasteiger partial charge is 0.462 e. The van der Waals surface area contributed by atoms with Gasteiger partial charge in [0, 0.05) is 94.3 Å². The Kier molecular flexibility index (Phi) is 26.9. The number of Topliss-reactive ketones (excluding diaryl/α,β-unsaturated/α-hetero) is 2. The number of alkyl halides is 1. The van der Waals surface area contributed by atoms with Crippen LogP contribution < -0.4 is 26.6 Å². The van der Waals surface area contributed by atoms with Crippen molar-refractivity contribution in [1.29, 1.82) is 0 Å². The Hall–Kier alpha value is -6.79. The summed E-state index contributed by atoms with van der Waals surface area (Å²) in [7, 11) is 5.73. The lowest BCUT2D eigenvalue weighted by atomic mass is 9.78. The molecule has 4 bridgehead atoms. The molecule has 488 valence electrons. The number of halogens is 2. The van der Waals surface area contributed by atoms with Crippen molar-refractivity contribution in [3.8, 4) is 0 Å². The highest BCUT2D eigenvalue weighted by molar-refractivity contribution is 9.09. The number of likely N-dealkylation sites (N-methyl/N-ethyl adjacent to an activating group) is 1. The van der Waals surface area contributed by atoms with Gasteiger partial charge < -0.3 is 60.3 Å². The van der Waals surface area contributed by atoms with E-state index in [0.29, 0.717) is 52.9 Å². The SMILES string of the molecule is C=C(CBr)C(=O)OCCCCCC(=O)C[C@H](C(=O)N[C@@H](CCCNC(N)=O)C(=O)Cc1ccc(C(=O)N(C)[C@@H](C)C(=O)O[C@H]2CC(=O)N(C)c3cc(cc(C)c3Cl)C/C(C)=C/C=C/[C@@H](OC)[C@]3(O)CC(=O)O[C@@H](C3)[C@@H](C)[C@@H]3O[C@@]23C)cc1C(=O)NC)C(C)C. The van der Waals surface area contributed by atoms with E-state index in [1.54, 1.807) is 46.9 Å². The van der Waals surface area contributed by atoms with Gasteiger partial charge in [-0.05, 0) is 107 Å². The van der Waals surface area contributed by atoms with Crippen LogP contribution in [0.1, 0.15) is 143 Å². The van der Waals surface area contributed by atoms with Crippen LogP contribution in [0.25, 0.3) is 0 Å². The third-order valence-corrected chi connectivity index (χ3v) is 18.1. The predicted octanol–water partition coefficient (Wildman–Crippen LogP) is 7.07. The number of hydrogen-bond acceptors (Lipinski definition) is 16. The molecule has 2 aromatic rings. The van der Waals surface area contributed by atoms with Crippen LogP contribution in [0.2, 0.25) is 5.02 Å². The lowest BCUT2D eigenvalue weighted by Crippen LogP contribution is -2.53. The lowest BCUT2D eigenvalue weighted by Gasteiger charge is -2.41. The summed E-state index contributed by atoms with van der Waals surface area (Å²) in [6, 6.07) is 4.58. The van der Waals surface area contributed by atoms with Gasteiger partial charge in [-0.15, -0.1) is 0 Å². The third kappa shape index (κ3) is 19.6. The maximum atomic E-state index is 14.5. The molecule has 0 radical (unpaired) electrons. The van der Waals surface area contributed by atoms with Gasteiger partial charge in [0.25, 0.3) is 11.8 Å². The molecular weight excluding hydrogens is 1240 g/mol. The van der Waals surface area contributed by atoms with Gasteiger partial charge in [0.2, 0.25) is 11.8 Å². The third-order valence-electron chi connectivity index (χ3n) is 16.9. The normalized spacial score (nSPS) is 23.8. The Morgan fingerprint density at radius 3 is 2.39 bits per heavy atom. The molecule has 0 aliphatic carbocycles. The molecule has 0 spiro atoms. The number of unbranched alkanes of at least 4 members (excludes halogenated alkanes) is 2. The highest BCUT2D eigenvalue weighted by atomic mass is 79.9. The second-order valence-corrected chi connectivity index (χ2v) is 25.0. The van der Waals surface area contributed by atoms with Crippen LogP contribution in [0.4, 0.5) is 10.5 Å². The number of carbonyl (C=O) groups excluding carboxylic acids is 10. The molecule has 6 N–H and O–H groups in total. The first-order chi connectivity index (χ1) is 41.9. The van der Waals surface area contributed by atoms with Crippen LogP contribution in [0, 0.1) is 24.7 Å². The number of allylic oxidation sites excluding steroid dienone is 3. The van der Waals surface area contributed by atoms with Crippen LogP contribution >= 0.6 is 27.5 Å². The summed E-state index contributed by atoms with van der Waals surface area (Å²) >= 11 is 10.0. The predicted molar refractivity (Wildman–Crippen MR) is 337 cm³/mol. The molecule has 0 aromatic heterocycles. The van der Waals surface area contributed by atoms with Crippen molar-refractivity contribution >= 4 is 92.4 Å². The first-order valence-electron chi connectivity index (χ1n) is 30.0. The number of nitrogens with zero attached hydrogens (tertiary/aromatic N) is 2. The van der Waals surface area contributed by atoms with Crippen molar-refractivity contribution < 1.29 is 76.7 Å². The maximum Gasteiger partial charge on any atom is 0.334 e. The summed E-state index contributed by atoms with van der Waals surface area (Å²) < 4.78 is 29.4. The number of aryl methyl sites for hydroxylation is 1. The fourth-order valence-corrected chi connectivity index (χ4v) is 11.7. The van der Waals surface area contributed by atoms with Crippen LogP contribution in [0.5, 0.6) is 0 Å². The van der Waals surface area contributed by atoms with Crippen molar-refractivity contribution in [2.75, 3.05) is 51.6 Å². The lowest BCUT2D eigenvalue weighted by molar-refractivity contribution is -0.187. The number of nitrogens with two attached hydrogens (primary N) is 1. The highest BCUT2D eigenvalue weighted by Crippen LogP contribution is 2.50. The zero-order valence-corrected chi connectivity index (χ0v) is 55.3. The Morgan fingerprint density at radius 1 is 1.03 bits per heavy atom. The van der Waals surface area contributed by atoms with Crippen LogP contribution in [-0.4, -0.2) is 164 Å². The van der Waals surface area contributed by atoms with Crippen LogP contribution in [-0.2, 0) is 70.1 Å². The zero-order valence-electron chi connectivity index (χ0n) is 52.9. The molecule has 89 heavy (non-hydrogen) atoms. The minimum atomic E-state index is -1.67. The number of benzene rings is 2. The number of aliphatic hydroxyl groups is 1. The number of epoxide rings is 1. The van der Waals surface area contributed by atoms with E-state index < -0.39 is 126 Å². The Morgan fingerprint density at radius 2 is 1.74 bits per heavy atom. The number of fused-ring (bicyclic) bond motifs is 5. The Bertz CT molecular complexity index is 3060. The van der Waals surface area contributed by atoms with E-state index in [1.807, 2.05) is 32.1 Å². The number of esters is 3. The standard InChI is InChI=1S/C65H88BrClN6O16/c1-36(2)46(31-45(74)19-14-13-15-25-86-61(81)39(5)35-66)59(79)71-48(20-17-24-70-63(68)83)50(75)30-43-22-23-44(29-47(43)58(78)69-9)60(80)72(10)41(7)62(82)88-53-32-54(76)73(11)49-28-42(27-38(4)56(49)67)26-37(3)18-16-21-52(85-12)65(84)33-51(87-55(77)34-65)40(6)57-64(53,8)89-57/h16,18,21-23,27-29,36,40-41,46,48,51-53,57,84H,5,13-15,17,19-20,24-26,30-35H2,1-4,6-12H3,(H,69,78)(H,71,79)(H3,68,70,83)/b21-16+,37-18+/t40-,41+,46+,48+,51+,52-,53+,57+,64+,65-/m1/s1. The Labute approximate surface area is 534 Å². The number of amides is 6. The summed E-state index contributed by atoms with van der Waals surface area (Å²) in [4.78, 5) is 138. The molecule has 24 heteroatoms. The molecule has 2 saturated heterocycles.